The molecule has 1 radical (unpaired) electrons. The molecule has 0 aliphatic heterocycles. The average Bonchev–Trinajstić information content (AvgIpc) is 2.06. The zero-order valence-corrected chi connectivity index (χ0v) is 6.28. The summed E-state index contributed by atoms with van der Waals surface area (Å²) in [6.45, 7) is 0. The van der Waals surface area contributed by atoms with Crippen LogP contribution >= 0.6 is 0 Å². The lowest BCUT2D eigenvalue weighted by molar-refractivity contribution is 0.198. The van der Waals surface area contributed by atoms with Crippen LogP contribution in [0.3, 0.4) is 0 Å². The first-order valence-electron chi connectivity index (χ1n) is 3.30. The molecule has 0 aromatic heterocycles. The van der Waals surface area contributed by atoms with Gasteiger partial charge in [0.25, 0.3) is 13.1 Å². The Bertz CT molecular complexity index is 233. The van der Waals surface area contributed by atoms with Crippen LogP contribution in [0, 0.1) is 0 Å². The summed E-state index contributed by atoms with van der Waals surface area (Å²) in [4.78, 5) is 10.7. The summed E-state index contributed by atoms with van der Waals surface area (Å²) in [5.41, 5.74) is 0.861. The van der Waals surface area contributed by atoms with E-state index < -0.39 is 0 Å². The van der Waals surface area contributed by atoms with Gasteiger partial charge in [0.2, 0.25) is 0 Å². The number of methoxy groups -OCH3 is 1. The molecule has 0 saturated carbocycles. The molecule has 3 heteroatoms. The summed E-state index contributed by atoms with van der Waals surface area (Å²) in [5, 5.41) is 0. The van der Waals surface area contributed by atoms with E-state index in [9.17, 15) is 4.79 Å². The second kappa shape index (κ2) is 3.81. The zero-order chi connectivity index (χ0) is 8.10. The van der Waals surface area contributed by atoms with Crippen LogP contribution in [0.25, 0.3) is 0 Å². The van der Waals surface area contributed by atoms with Crippen LogP contribution < -0.4 is 5.46 Å². The topological polar surface area (TPSA) is 26.3 Å². The monoisotopic (exact) mass is 147 g/mol. The highest BCUT2D eigenvalue weighted by Gasteiger charge is 2.03. The van der Waals surface area contributed by atoms with Crippen molar-refractivity contribution in [3.63, 3.8) is 0 Å². The Hall–Kier alpha value is -1.25. The molecule has 1 aromatic carbocycles. The van der Waals surface area contributed by atoms with Crippen LogP contribution in [0.2, 0.25) is 0 Å². The summed E-state index contributed by atoms with van der Waals surface area (Å²) in [6, 6.07) is 9.33. The van der Waals surface area contributed by atoms with E-state index in [2.05, 4.69) is 4.74 Å². The fourth-order valence-corrected chi connectivity index (χ4v) is 0.744. The van der Waals surface area contributed by atoms with Crippen LogP contribution in [-0.4, -0.2) is 20.3 Å². The molecule has 2 nitrogen and oxygen atoms in total. The maximum atomic E-state index is 10.7. The van der Waals surface area contributed by atoms with Crippen LogP contribution in [0.5, 0.6) is 0 Å². The number of ether oxygens (including phenoxy) is 1. The summed E-state index contributed by atoms with van der Waals surface area (Å²) >= 11 is 0. The minimum atomic E-state index is -0.323. The van der Waals surface area contributed by atoms with Crippen molar-refractivity contribution in [2.45, 2.75) is 0 Å². The van der Waals surface area contributed by atoms with Gasteiger partial charge in [-0.2, -0.15) is 0 Å². The van der Waals surface area contributed by atoms with Crippen molar-refractivity contribution in [2.24, 2.45) is 0 Å². The quantitative estimate of drug-likeness (QED) is 0.577. The highest BCUT2D eigenvalue weighted by molar-refractivity contribution is 6.82. The Kier molecular flexibility index (Phi) is 2.72. The first-order chi connectivity index (χ1) is 5.33. The molecular formula is C8H8BO2. The van der Waals surface area contributed by atoms with Gasteiger partial charge in [0.05, 0.1) is 7.11 Å². The maximum Gasteiger partial charge on any atom is 0.299 e. The molecule has 0 amide bonds. The molecule has 0 unspecified atom stereocenters. The van der Waals surface area contributed by atoms with Gasteiger partial charge >= 0.3 is 0 Å². The van der Waals surface area contributed by atoms with E-state index in [-0.39, 0.29) is 5.87 Å². The molecule has 0 fully saturated rings. The van der Waals surface area contributed by atoms with E-state index in [0.29, 0.717) is 0 Å². The molecule has 11 heavy (non-hydrogen) atoms. The van der Waals surface area contributed by atoms with Crippen molar-refractivity contribution in [1.82, 2.24) is 0 Å². The number of rotatable bonds is 2. The molecular weight excluding hydrogens is 139 g/mol. The van der Waals surface area contributed by atoms with E-state index in [1.807, 2.05) is 30.3 Å². The molecule has 0 aliphatic carbocycles. The Balaban J connectivity index is 2.58. The lowest BCUT2D eigenvalue weighted by Crippen LogP contribution is -2.22. The first-order valence-corrected chi connectivity index (χ1v) is 3.30. The Labute approximate surface area is 66.4 Å². The standard InChI is InChI=1S/C8H8BO2/c1-11-8(10)9-7-5-3-2-4-6-7/h2-6H,1H3. The molecule has 55 valence electrons. The summed E-state index contributed by atoms with van der Waals surface area (Å²) in [7, 11) is 2.81. The first kappa shape index (κ1) is 7.86. The Morgan fingerprint density at radius 3 is 2.55 bits per heavy atom. The third-order valence-corrected chi connectivity index (χ3v) is 1.29. The third kappa shape index (κ3) is 2.46. The van der Waals surface area contributed by atoms with Gasteiger partial charge in [0.15, 0.2) is 0 Å². The number of carbonyl (C=O) groups excluding carboxylic acids is 1. The van der Waals surface area contributed by atoms with Crippen LogP contribution in [0.15, 0.2) is 30.3 Å². The fourth-order valence-electron chi connectivity index (χ4n) is 0.744. The van der Waals surface area contributed by atoms with Crippen LogP contribution in [-0.2, 0) is 4.74 Å². The Morgan fingerprint density at radius 2 is 2.00 bits per heavy atom. The third-order valence-electron chi connectivity index (χ3n) is 1.29. The Morgan fingerprint density at radius 1 is 1.36 bits per heavy atom. The predicted molar refractivity (Wildman–Crippen MR) is 44.2 cm³/mol. The lowest BCUT2D eigenvalue weighted by atomic mass is 9.71. The molecule has 0 bridgehead atoms. The van der Waals surface area contributed by atoms with Gasteiger partial charge in [0.1, 0.15) is 0 Å². The van der Waals surface area contributed by atoms with E-state index in [1.165, 1.54) is 14.4 Å². The minimum Gasteiger partial charge on any atom is -0.477 e. The summed E-state index contributed by atoms with van der Waals surface area (Å²) in [6.07, 6.45) is 0. The summed E-state index contributed by atoms with van der Waals surface area (Å²) < 4.78 is 4.46. The lowest BCUT2D eigenvalue weighted by Gasteiger charge is -1.95. The second-order valence-corrected chi connectivity index (χ2v) is 2.08. The summed E-state index contributed by atoms with van der Waals surface area (Å²) in [5.74, 6) is -0.323. The van der Waals surface area contributed by atoms with E-state index in [1.54, 1.807) is 0 Å². The molecule has 1 rings (SSSR count). The van der Waals surface area contributed by atoms with Crippen LogP contribution in [0.4, 0.5) is 4.79 Å². The maximum absolute atomic E-state index is 10.7. The normalized spacial score (nSPS) is 8.82. The number of hydrogen-bond donors (Lipinski definition) is 0. The molecule has 0 spiro atoms. The molecule has 0 saturated heterocycles. The SMILES string of the molecule is COC(=O)[B]c1ccccc1. The predicted octanol–water partition coefficient (Wildman–Crippen LogP) is 0.783. The minimum absolute atomic E-state index is 0.323. The number of hydrogen-bond acceptors (Lipinski definition) is 2. The molecule has 0 atom stereocenters. The van der Waals surface area contributed by atoms with Crippen molar-refractivity contribution in [3.05, 3.63) is 30.3 Å². The number of carbonyl (C=O) groups is 1. The van der Waals surface area contributed by atoms with Gasteiger partial charge in [-0.15, -0.1) is 0 Å². The zero-order valence-electron chi connectivity index (χ0n) is 6.28. The number of benzene rings is 1. The van der Waals surface area contributed by atoms with Gasteiger partial charge in [-0.05, 0) is 0 Å². The highest BCUT2D eigenvalue weighted by atomic mass is 16.5. The van der Waals surface area contributed by atoms with Gasteiger partial charge in [0, 0.05) is 0 Å². The largest absolute Gasteiger partial charge is 0.477 e. The molecule has 0 N–H and O–H groups in total. The second-order valence-electron chi connectivity index (χ2n) is 2.08. The van der Waals surface area contributed by atoms with E-state index in [4.69, 9.17) is 0 Å². The fraction of sp³-hybridized carbons (Fsp3) is 0.125. The van der Waals surface area contributed by atoms with Crippen molar-refractivity contribution >= 4 is 18.6 Å². The van der Waals surface area contributed by atoms with Gasteiger partial charge < -0.3 is 4.74 Å². The van der Waals surface area contributed by atoms with Crippen LogP contribution in [0.1, 0.15) is 0 Å². The highest BCUT2D eigenvalue weighted by Crippen LogP contribution is 1.82. The van der Waals surface area contributed by atoms with E-state index in [0.717, 1.165) is 5.46 Å². The van der Waals surface area contributed by atoms with Crippen molar-refractivity contribution < 1.29 is 9.53 Å². The average molecular weight is 147 g/mol. The van der Waals surface area contributed by atoms with Crippen molar-refractivity contribution in [2.75, 3.05) is 7.11 Å². The van der Waals surface area contributed by atoms with Crippen molar-refractivity contribution in [1.29, 1.82) is 0 Å². The van der Waals surface area contributed by atoms with E-state index >= 15 is 0 Å². The molecule has 1 aromatic rings. The molecule has 0 aliphatic rings. The van der Waals surface area contributed by atoms with Crippen molar-refractivity contribution in [3.8, 4) is 0 Å². The smallest absolute Gasteiger partial charge is 0.299 e. The molecule has 0 heterocycles. The van der Waals surface area contributed by atoms with Gasteiger partial charge in [-0.1, -0.05) is 35.8 Å². The van der Waals surface area contributed by atoms with Gasteiger partial charge in [-0.25, -0.2) is 0 Å². The van der Waals surface area contributed by atoms with Gasteiger partial charge in [-0.3, -0.25) is 4.79 Å².